The molecule has 0 aromatic heterocycles. The second kappa shape index (κ2) is 8.77. The van der Waals surface area contributed by atoms with Gasteiger partial charge in [-0.3, -0.25) is 9.59 Å². The number of benzene rings is 2. The molecule has 2 aromatic carbocycles. The molecule has 1 N–H and O–H groups in total. The lowest BCUT2D eigenvalue weighted by Gasteiger charge is -2.08. The van der Waals surface area contributed by atoms with E-state index in [1.54, 1.807) is 24.3 Å². The van der Waals surface area contributed by atoms with Gasteiger partial charge in [-0.05, 0) is 36.8 Å². The standard InChI is InChI=1S/C18H17F2NO4/c1-2-24-14-6-3-12(4-7-14)9-18(23)25-11-17(22)21-16-10-13(19)5-8-15(16)20/h3-8,10H,2,9,11H2,1H3,(H,21,22). The largest absolute Gasteiger partial charge is 0.494 e. The number of ether oxygens (including phenoxy) is 2. The number of hydrogen-bond acceptors (Lipinski definition) is 4. The van der Waals surface area contributed by atoms with Crippen LogP contribution < -0.4 is 10.1 Å². The van der Waals surface area contributed by atoms with Crippen molar-refractivity contribution >= 4 is 17.6 Å². The van der Waals surface area contributed by atoms with E-state index in [9.17, 15) is 18.4 Å². The van der Waals surface area contributed by atoms with E-state index in [4.69, 9.17) is 9.47 Å². The Morgan fingerprint density at radius 2 is 1.80 bits per heavy atom. The molecule has 5 nitrogen and oxygen atoms in total. The number of nitrogens with one attached hydrogen (secondary N) is 1. The maximum Gasteiger partial charge on any atom is 0.310 e. The molecule has 0 radical (unpaired) electrons. The maximum absolute atomic E-state index is 13.4. The van der Waals surface area contributed by atoms with Crippen molar-refractivity contribution in [2.24, 2.45) is 0 Å². The van der Waals surface area contributed by atoms with E-state index in [1.165, 1.54) is 0 Å². The van der Waals surface area contributed by atoms with Crippen molar-refractivity contribution in [1.29, 1.82) is 0 Å². The lowest BCUT2D eigenvalue weighted by Crippen LogP contribution is -2.22. The minimum absolute atomic E-state index is 0.0198. The first-order valence-corrected chi connectivity index (χ1v) is 7.60. The van der Waals surface area contributed by atoms with Crippen molar-refractivity contribution in [3.05, 3.63) is 59.7 Å². The normalized spacial score (nSPS) is 10.2. The van der Waals surface area contributed by atoms with E-state index in [0.717, 1.165) is 18.2 Å². The SMILES string of the molecule is CCOc1ccc(CC(=O)OCC(=O)Nc2cc(F)ccc2F)cc1. The molecule has 0 heterocycles. The van der Waals surface area contributed by atoms with Gasteiger partial charge in [0, 0.05) is 6.07 Å². The van der Waals surface area contributed by atoms with Gasteiger partial charge in [-0.1, -0.05) is 12.1 Å². The monoisotopic (exact) mass is 349 g/mol. The first-order chi connectivity index (χ1) is 12.0. The van der Waals surface area contributed by atoms with Gasteiger partial charge in [0.1, 0.15) is 17.4 Å². The average molecular weight is 349 g/mol. The van der Waals surface area contributed by atoms with E-state index in [2.05, 4.69) is 5.32 Å². The molecule has 0 aliphatic rings. The summed E-state index contributed by atoms with van der Waals surface area (Å²) < 4.78 is 36.5. The van der Waals surface area contributed by atoms with E-state index >= 15 is 0 Å². The second-order valence-electron chi connectivity index (χ2n) is 5.09. The van der Waals surface area contributed by atoms with Gasteiger partial charge in [-0.2, -0.15) is 0 Å². The van der Waals surface area contributed by atoms with Crippen molar-refractivity contribution in [2.45, 2.75) is 13.3 Å². The summed E-state index contributed by atoms with van der Waals surface area (Å²) in [5, 5.41) is 2.14. The van der Waals surface area contributed by atoms with E-state index in [1.807, 2.05) is 6.92 Å². The summed E-state index contributed by atoms with van der Waals surface area (Å²) in [6.45, 7) is 1.82. The number of amides is 1. The highest BCUT2D eigenvalue weighted by Gasteiger charge is 2.11. The molecule has 0 spiro atoms. The molecule has 0 saturated heterocycles. The second-order valence-corrected chi connectivity index (χ2v) is 5.09. The number of carbonyl (C=O) groups is 2. The number of hydrogen-bond donors (Lipinski definition) is 1. The molecule has 1 amide bonds. The van der Waals surface area contributed by atoms with Gasteiger partial charge in [0.25, 0.3) is 5.91 Å². The van der Waals surface area contributed by atoms with Crippen molar-refractivity contribution in [1.82, 2.24) is 0 Å². The summed E-state index contributed by atoms with van der Waals surface area (Å²) in [4.78, 5) is 23.4. The number of rotatable bonds is 7. The zero-order chi connectivity index (χ0) is 18.2. The lowest BCUT2D eigenvalue weighted by molar-refractivity contribution is -0.146. The third-order valence-electron chi connectivity index (χ3n) is 3.15. The molecular formula is C18H17F2NO4. The Hall–Kier alpha value is -2.96. The summed E-state index contributed by atoms with van der Waals surface area (Å²) in [5.74, 6) is -2.15. The predicted molar refractivity (Wildman–Crippen MR) is 87.3 cm³/mol. The minimum atomic E-state index is -0.782. The summed E-state index contributed by atoms with van der Waals surface area (Å²) in [6, 6.07) is 9.56. The zero-order valence-electron chi connectivity index (χ0n) is 13.6. The Balaban J connectivity index is 1.80. The number of halogens is 2. The van der Waals surface area contributed by atoms with Crippen molar-refractivity contribution < 1.29 is 27.8 Å². The zero-order valence-corrected chi connectivity index (χ0v) is 13.6. The van der Waals surface area contributed by atoms with E-state index in [0.29, 0.717) is 17.9 Å². The number of anilines is 1. The third-order valence-corrected chi connectivity index (χ3v) is 3.15. The van der Waals surface area contributed by atoms with Crippen LogP contribution in [0.25, 0.3) is 0 Å². The highest BCUT2D eigenvalue weighted by atomic mass is 19.1. The Morgan fingerprint density at radius 1 is 1.08 bits per heavy atom. The fourth-order valence-electron chi connectivity index (χ4n) is 2.01. The van der Waals surface area contributed by atoms with Crippen molar-refractivity contribution in [3.8, 4) is 5.75 Å². The molecule has 0 unspecified atom stereocenters. The molecule has 132 valence electrons. The van der Waals surface area contributed by atoms with E-state index < -0.39 is 30.1 Å². The van der Waals surface area contributed by atoms with Crippen LogP contribution in [0.2, 0.25) is 0 Å². The van der Waals surface area contributed by atoms with Crippen LogP contribution in [0.5, 0.6) is 5.75 Å². The first-order valence-electron chi connectivity index (χ1n) is 7.60. The highest BCUT2D eigenvalue weighted by molar-refractivity contribution is 5.93. The van der Waals surface area contributed by atoms with Crippen LogP contribution in [0.3, 0.4) is 0 Å². The van der Waals surface area contributed by atoms with Crippen molar-refractivity contribution in [2.75, 3.05) is 18.5 Å². The molecule has 2 aromatic rings. The number of carbonyl (C=O) groups excluding carboxylic acids is 2. The summed E-state index contributed by atoms with van der Waals surface area (Å²) in [6.07, 6.45) is -0.0198. The first kappa shape index (κ1) is 18.4. The highest BCUT2D eigenvalue weighted by Crippen LogP contribution is 2.15. The molecule has 0 saturated carbocycles. The van der Waals surface area contributed by atoms with E-state index in [-0.39, 0.29) is 12.1 Å². The molecule has 0 aliphatic heterocycles. The van der Waals surface area contributed by atoms with Crippen LogP contribution in [-0.2, 0) is 20.7 Å². The fourth-order valence-corrected chi connectivity index (χ4v) is 2.01. The Kier molecular flexibility index (Phi) is 6.45. The topological polar surface area (TPSA) is 64.6 Å². The third kappa shape index (κ3) is 5.87. The van der Waals surface area contributed by atoms with Crippen LogP contribution in [0, 0.1) is 11.6 Å². The Labute approximate surface area is 143 Å². The molecular weight excluding hydrogens is 332 g/mol. The molecule has 2 rings (SSSR count). The Morgan fingerprint density at radius 3 is 2.48 bits per heavy atom. The lowest BCUT2D eigenvalue weighted by atomic mass is 10.1. The predicted octanol–water partition coefficient (Wildman–Crippen LogP) is 3.09. The summed E-state index contributed by atoms with van der Waals surface area (Å²) in [7, 11) is 0. The van der Waals surface area contributed by atoms with Gasteiger partial charge >= 0.3 is 5.97 Å². The molecule has 0 bridgehead atoms. The van der Waals surface area contributed by atoms with Crippen LogP contribution in [0.4, 0.5) is 14.5 Å². The quantitative estimate of drug-likeness (QED) is 0.780. The van der Waals surface area contributed by atoms with Gasteiger partial charge in [0.2, 0.25) is 0 Å². The van der Waals surface area contributed by atoms with Gasteiger partial charge in [0.15, 0.2) is 6.61 Å². The van der Waals surface area contributed by atoms with Crippen LogP contribution >= 0.6 is 0 Å². The smallest absolute Gasteiger partial charge is 0.310 e. The Bertz CT molecular complexity index is 747. The summed E-state index contributed by atoms with van der Waals surface area (Å²) >= 11 is 0. The molecule has 0 atom stereocenters. The average Bonchev–Trinajstić information content (AvgIpc) is 2.58. The molecule has 25 heavy (non-hydrogen) atoms. The molecule has 0 aliphatic carbocycles. The van der Waals surface area contributed by atoms with Crippen LogP contribution in [-0.4, -0.2) is 25.1 Å². The van der Waals surface area contributed by atoms with Crippen molar-refractivity contribution in [3.63, 3.8) is 0 Å². The summed E-state index contributed by atoms with van der Waals surface area (Å²) in [5.41, 5.74) is 0.387. The molecule has 7 heteroatoms. The van der Waals surface area contributed by atoms with Crippen LogP contribution in [0.15, 0.2) is 42.5 Å². The van der Waals surface area contributed by atoms with Crippen LogP contribution in [0.1, 0.15) is 12.5 Å². The molecule has 0 fully saturated rings. The van der Waals surface area contributed by atoms with Gasteiger partial charge in [-0.25, -0.2) is 8.78 Å². The number of esters is 1. The maximum atomic E-state index is 13.4. The minimum Gasteiger partial charge on any atom is -0.494 e. The fraction of sp³-hybridized carbons (Fsp3) is 0.222. The van der Waals surface area contributed by atoms with Gasteiger partial charge in [0.05, 0.1) is 18.7 Å². The van der Waals surface area contributed by atoms with Gasteiger partial charge < -0.3 is 14.8 Å². The van der Waals surface area contributed by atoms with Gasteiger partial charge in [-0.15, -0.1) is 0 Å².